The number of hydrogen-bond acceptors (Lipinski definition) is 3. The summed E-state index contributed by atoms with van der Waals surface area (Å²) < 4.78 is 94.8. The Kier molecular flexibility index (Phi) is 5.15. The van der Waals surface area contributed by atoms with Gasteiger partial charge in [-0.05, 0) is 40.6 Å². The number of rotatable bonds is 3. The Balaban J connectivity index is 1.92. The number of halogens is 6. The number of fused-ring (bicyclic) bond motifs is 3. The van der Waals surface area contributed by atoms with Crippen molar-refractivity contribution >= 4 is 28.4 Å². The maximum Gasteiger partial charge on any atom is 0.442 e. The van der Waals surface area contributed by atoms with Crippen LogP contribution >= 0.6 is 0 Å². The van der Waals surface area contributed by atoms with E-state index in [9.17, 15) is 26.3 Å². The number of benzene rings is 3. The Morgan fingerprint density at radius 1 is 0.844 bits per heavy atom. The van der Waals surface area contributed by atoms with Crippen LogP contribution in [0.1, 0.15) is 11.1 Å². The van der Waals surface area contributed by atoms with Gasteiger partial charge in [-0.15, -0.1) is 0 Å². The maximum atomic E-state index is 14.2. The molecule has 1 heterocycles. The van der Waals surface area contributed by atoms with E-state index in [-0.39, 0.29) is 10.8 Å². The van der Waals surface area contributed by atoms with Crippen molar-refractivity contribution in [3.63, 3.8) is 0 Å². The molecule has 0 atom stereocenters. The van der Waals surface area contributed by atoms with Gasteiger partial charge in [0.2, 0.25) is 5.90 Å². The summed E-state index contributed by atoms with van der Waals surface area (Å²) in [5.41, 5.74) is -5.60. The lowest BCUT2D eigenvalue weighted by atomic mass is 9.85. The number of hydrogen-bond donors (Lipinski definition) is 0. The van der Waals surface area contributed by atoms with Gasteiger partial charge >= 0.3 is 18.0 Å². The lowest BCUT2D eigenvalue weighted by molar-refractivity contribution is -0.369. The van der Waals surface area contributed by atoms with Crippen LogP contribution in [0.3, 0.4) is 0 Å². The third kappa shape index (κ3) is 3.47. The zero-order valence-corrected chi connectivity index (χ0v) is 16.5. The number of nitrogens with zero attached hydrogens (tertiary/aromatic N) is 1. The summed E-state index contributed by atoms with van der Waals surface area (Å²) in [7, 11) is 1.46. The van der Waals surface area contributed by atoms with Gasteiger partial charge in [0.25, 0.3) is 0 Å². The molecule has 0 bridgehead atoms. The fraction of sp³-hybridized carbons (Fsp3) is 0.174. The van der Waals surface area contributed by atoms with Gasteiger partial charge in [-0.1, -0.05) is 42.5 Å². The van der Waals surface area contributed by atoms with Gasteiger partial charge in [-0.2, -0.15) is 26.3 Å². The molecule has 1 aliphatic rings. The minimum Gasteiger partial charge on any atom is -0.497 e. The van der Waals surface area contributed by atoms with E-state index in [1.165, 1.54) is 43.5 Å². The van der Waals surface area contributed by atoms with Crippen LogP contribution in [-0.4, -0.2) is 25.4 Å². The Hall–Kier alpha value is -3.49. The Bertz CT molecular complexity index is 1200. The molecule has 4 rings (SSSR count). The first-order chi connectivity index (χ1) is 15.1. The van der Waals surface area contributed by atoms with Crippen LogP contribution in [0.2, 0.25) is 0 Å². The molecule has 3 aromatic rings. The second kappa shape index (κ2) is 7.58. The van der Waals surface area contributed by atoms with Crippen molar-refractivity contribution < 1.29 is 35.8 Å². The molecule has 0 saturated carbocycles. The molecule has 0 aliphatic carbocycles. The molecule has 0 fully saturated rings. The monoisotopic (exact) mass is 451 g/mol. The smallest absolute Gasteiger partial charge is 0.442 e. The second-order valence-electron chi connectivity index (χ2n) is 7.02. The first-order valence-electron chi connectivity index (χ1n) is 9.32. The van der Waals surface area contributed by atoms with Crippen LogP contribution in [-0.2, 0) is 10.3 Å². The van der Waals surface area contributed by atoms with Crippen molar-refractivity contribution in [2.24, 2.45) is 4.99 Å². The molecule has 3 aromatic carbocycles. The summed E-state index contributed by atoms with van der Waals surface area (Å²) in [6.45, 7) is 0. The molecule has 3 nitrogen and oxygen atoms in total. The van der Waals surface area contributed by atoms with Crippen LogP contribution in [0, 0.1) is 0 Å². The largest absolute Gasteiger partial charge is 0.497 e. The molecule has 166 valence electrons. The van der Waals surface area contributed by atoms with Crippen molar-refractivity contribution in [2.45, 2.75) is 18.0 Å². The number of methoxy groups -OCH3 is 1. The van der Waals surface area contributed by atoms with Gasteiger partial charge in [0.15, 0.2) is 0 Å². The summed E-state index contributed by atoms with van der Waals surface area (Å²) >= 11 is 0. The minimum atomic E-state index is -5.81. The van der Waals surface area contributed by atoms with E-state index in [0.29, 0.717) is 11.3 Å². The molecule has 32 heavy (non-hydrogen) atoms. The van der Waals surface area contributed by atoms with Crippen LogP contribution in [0.4, 0.5) is 32.0 Å². The van der Waals surface area contributed by atoms with Crippen molar-refractivity contribution in [1.82, 2.24) is 0 Å². The highest BCUT2D eigenvalue weighted by Crippen LogP contribution is 2.58. The SMILES string of the molecule is COc1ccc(/C=C/C2=Nc3ccc4ccccc4c3C(C(F)(F)F)(C(F)(F)F)O2)cc1. The highest BCUT2D eigenvalue weighted by Gasteiger charge is 2.76. The molecule has 0 unspecified atom stereocenters. The summed E-state index contributed by atoms with van der Waals surface area (Å²) in [6.07, 6.45) is -9.33. The molecule has 9 heteroatoms. The Morgan fingerprint density at radius 2 is 1.50 bits per heavy atom. The lowest BCUT2D eigenvalue weighted by Crippen LogP contribution is -2.57. The Labute approximate surface area is 178 Å². The highest BCUT2D eigenvalue weighted by atomic mass is 19.4. The van der Waals surface area contributed by atoms with E-state index in [1.54, 1.807) is 24.3 Å². The Morgan fingerprint density at radius 3 is 2.12 bits per heavy atom. The maximum absolute atomic E-state index is 14.2. The zero-order chi connectivity index (χ0) is 23.1. The van der Waals surface area contributed by atoms with Gasteiger partial charge in [0.05, 0.1) is 12.8 Å². The average Bonchev–Trinajstić information content (AvgIpc) is 2.75. The van der Waals surface area contributed by atoms with Crippen LogP contribution < -0.4 is 4.74 Å². The minimum absolute atomic E-state index is 0.208. The summed E-state index contributed by atoms with van der Waals surface area (Å²) in [6, 6.07) is 14.4. The van der Waals surface area contributed by atoms with Gasteiger partial charge in [-0.25, -0.2) is 4.99 Å². The quantitative estimate of drug-likeness (QED) is 0.404. The number of aliphatic imine (C=N–C) groups is 1. The second-order valence-corrected chi connectivity index (χ2v) is 7.02. The molecule has 0 saturated heterocycles. The third-order valence-electron chi connectivity index (χ3n) is 5.08. The van der Waals surface area contributed by atoms with E-state index in [4.69, 9.17) is 9.47 Å². The number of alkyl halides is 6. The average molecular weight is 451 g/mol. The molecular formula is C23H15F6NO2. The van der Waals surface area contributed by atoms with Crippen molar-refractivity contribution in [2.75, 3.05) is 7.11 Å². The first kappa shape index (κ1) is 21.7. The van der Waals surface area contributed by atoms with E-state index < -0.39 is 35.1 Å². The molecule has 0 spiro atoms. The fourth-order valence-corrected chi connectivity index (χ4v) is 3.59. The van der Waals surface area contributed by atoms with Crippen LogP contribution in [0.5, 0.6) is 5.75 Å². The standard InChI is InChI=1S/C23H15F6NO2/c1-31-16-10-6-14(7-11-16)8-13-19-30-18-12-9-15-4-2-3-5-17(15)20(18)21(32-19,22(24,25)26)23(27,28)29/h2-13H,1H3/b13-8+. The summed E-state index contributed by atoms with van der Waals surface area (Å²) in [5.74, 6) is -0.263. The van der Waals surface area contributed by atoms with E-state index in [1.807, 2.05) is 0 Å². The molecule has 0 N–H and O–H groups in total. The zero-order valence-electron chi connectivity index (χ0n) is 16.5. The van der Waals surface area contributed by atoms with Crippen molar-refractivity contribution in [1.29, 1.82) is 0 Å². The van der Waals surface area contributed by atoms with Gasteiger partial charge < -0.3 is 9.47 Å². The molecule has 1 aliphatic heterocycles. The van der Waals surface area contributed by atoms with Gasteiger partial charge in [0, 0.05) is 11.6 Å². The first-order valence-corrected chi connectivity index (χ1v) is 9.32. The number of ether oxygens (including phenoxy) is 2. The topological polar surface area (TPSA) is 30.8 Å². The van der Waals surface area contributed by atoms with Crippen molar-refractivity contribution in [3.05, 3.63) is 77.9 Å². The van der Waals surface area contributed by atoms with Crippen LogP contribution in [0.15, 0.2) is 71.7 Å². The summed E-state index contributed by atoms with van der Waals surface area (Å²) in [5, 5.41) is -0.0262. The van der Waals surface area contributed by atoms with Gasteiger partial charge in [-0.3, -0.25) is 0 Å². The van der Waals surface area contributed by atoms with Crippen LogP contribution in [0.25, 0.3) is 16.8 Å². The molecule has 0 aromatic heterocycles. The third-order valence-corrected chi connectivity index (χ3v) is 5.08. The van der Waals surface area contributed by atoms with E-state index in [2.05, 4.69) is 4.99 Å². The predicted octanol–water partition coefficient (Wildman–Crippen LogP) is 6.94. The highest BCUT2D eigenvalue weighted by molar-refractivity contribution is 5.99. The van der Waals surface area contributed by atoms with E-state index >= 15 is 0 Å². The molecular weight excluding hydrogens is 436 g/mol. The van der Waals surface area contributed by atoms with E-state index in [0.717, 1.165) is 12.1 Å². The van der Waals surface area contributed by atoms with Gasteiger partial charge in [0.1, 0.15) is 5.75 Å². The molecule has 0 amide bonds. The molecule has 0 radical (unpaired) electrons. The lowest BCUT2D eigenvalue weighted by Gasteiger charge is -2.40. The fourth-order valence-electron chi connectivity index (χ4n) is 3.59. The normalized spacial score (nSPS) is 15.9. The van der Waals surface area contributed by atoms with Crippen molar-refractivity contribution in [3.8, 4) is 5.75 Å². The summed E-state index contributed by atoms with van der Waals surface area (Å²) in [4.78, 5) is 3.95. The predicted molar refractivity (Wildman–Crippen MR) is 108 cm³/mol.